The molecule has 2 aromatic carbocycles. The van der Waals surface area contributed by atoms with Crippen LogP contribution >= 0.6 is 35.4 Å². The molecule has 0 fully saturated rings. The highest BCUT2D eigenvalue weighted by molar-refractivity contribution is 7.80. The summed E-state index contributed by atoms with van der Waals surface area (Å²) in [4.78, 5) is 17.3. The summed E-state index contributed by atoms with van der Waals surface area (Å²) in [7, 11) is 1.60. The molecule has 1 aromatic heterocycles. The van der Waals surface area contributed by atoms with E-state index in [4.69, 9.17) is 40.2 Å². The average Bonchev–Trinajstić information content (AvgIpc) is 2.74. The van der Waals surface area contributed by atoms with Gasteiger partial charge in [0, 0.05) is 16.9 Å². The first-order valence-corrected chi connectivity index (χ1v) is 9.98. The highest BCUT2D eigenvalue weighted by atomic mass is 35.5. The number of halogens is 2. The minimum atomic E-state index is -0.383. The molecule has 0 bridgehead atoms. The number of aryl methyl sites for hydroxylation is 1. The van der Waals surface area contributed by atoms with Crippen LogP contribution in [0.2, 0.25) is 10.0 Å². The number of ether oxygens (including phenoxy) is 1. The van der Waals surface area contributed by atoms with E-state index in [-0.39, 0.29) is 11.0 Å². The number of aromatic nitrogens is 1. The molecule has 0 aliphatic rings. The third-order valence-corrected chi connectivity index (χ3v) is 5.05. The van der Waals surface area contributed by atoms with Crippen LogP contribution in [0.1, 0.15) is 16.1 Å². The summed E-state index contributed by atoms with van der Waals surface area (Å²) >= 11 is 17.1. The second-order valence-corrected chi connectivity index (χ2v) is 7.46. The molecular formula is C21H18Cl2N4O2S. The van der Waals surface area contributed by atoms with Crippen LogP contribution in [-0.4, -0.2) is 23.1 Å². The number of nitrogens with one attached hydrogen (secondary N) is 3. The first-order chi connectivity index (χ1) is 14.4. The number of rotatable bonds is 4. The first-order valence-electron chi connectivity index (χ1n) is 8.82. The van der Waals surface area contributed by atoms with Crippen LogP contribution in [0.15, 0.2) is 54.6 Å². The minimum absolute atomic E-state index is 0.188. The lowest BCUT2D eigenvalue weighted by atomic mass is 10.0. The Balaban J connectivity index is 1.71. The van der Waals surface area contributed by atoms with Crippen LogP contribution < -0.4 is 20.9 Å². The van der Waals surface area contributed by atoms with E-state index in [0.717, 1.165) is 17.0 Å². The lowest BCUT2D eigenvalue weighted by Crippen LogP contribution is -2.44. The fraction of sp³-hybridized carbons (Fsp3) is 0.0952. The maximum Gasteiger partial charge on any atom is 0.271 e. The van der Waals surface area contributed by atoms with E-state index in [9.17, 15) is 4.79 Å². The van der Waals surface area contributed by atoms with Gasteiger partial charge in [0.25, 0.3) is 5.91 Å². The molecule has 1 amide bonds. The largest absolute Gasteiger partial charge is 0.497 e. The number of thiocarbonyl (C=S) groups is 1. The molecule has 1 heterocycles. The molecular weight excluding hydrogens is 443 g/mol. The summed E-state index contributed by atoms with van der Waals surface area (Å²) in [6.45, 7) is 1.86. The SMILES string of the molecule is COc1ccc(-c2nc(C)ccc2C(=O)NNC(=S)Nc2ccc(Cl)c(Cl)c2)cc1. The number of pyridine rings is 1. The second kappa shape index (κ2) is 9.75. The highest BCUT2D eigenvalue weighted by Gasteiger charge is 2.15. The van der Waals surface area contributed by atoms with Gasteiger partial charge in [-0.3, -0.25) is 20.6 Å². The minimum Gasteiger partial charge on any atom is -0.497 e. The number of hydrogen-bond acceptors (Lipinski definition) is 4. The van der Waals surface area contributed by atoms with Gasteiger partial charge in [-0.15, -0.1) is 0 Å². The van der Waals surface area contributed by atoms with E-state index in [1.165, 1.54) is 0 Å². The standard InChI is InChI=1S/C21H18Cl2N4O2S/c1-12-3-9-16(19(24-12)13-4-7-15(29-2)8-5-13)20(28)26-27-21(30)25-14-6-10-17(22)18(23)11-14/h3-11H,1-2H3,(H,26,28)(H2,25,27,30). The van der Waals surface area contributed by atoms with Gasteiger partial charge in [-0.1, -0.05) is 23.2 Å². The van der Waals surface area contributed by atoms with Crippen molar-refractivity contribution in [3.8, 4) is 17.0 Å². The summed E-state index contributed by atoms with van der Waals surface area (Å²) in [5.41, 5.74) is 8.43. The van der Waals surface area contributed by atoms with E-state index in [0.29, 0.717) is 27.0 Å². The maximum atomic E-state index is 12.8. The summed E-state index contributed by atoms with van der Waals surface area (Å²) in [5, 5.41) is 3.93. The van der Waals surface area contributed by atoms with Gasteiger partial charge in [0.2, 0.25) is 0 Å². The van der Waals surface area contributed by atoms with Crippen molar-refractivity contribution in [2.75, 3.05) is 12.4 Å². The Morgan fingerprint density at radius 2 is 1.73 bits per heavy atom. The Labute approximate surface area is 189 Å². The van der Waals surface area contributed by atoms with Crippen LogP contribution in [0, 0.1) is 6.92 Å². The fourth-order valence-electron chi connectivity index (χ4n) is 2.63. The number of carbonyl (C=O) groups is 1. The molecule has 154 valence electrons. The normalized spacial score (nSPS) is 10.3. The Morgan fingerprint density at radius 1 is 1.00 bits per heavy atom. The summed E-state index contributed by atoms with van der Waals surface area (Å²) < 4.78 is 5.19. The second-order valence-electron chi connectivity index (χ2n) is 6.24. The van der Waals surface area contributed by atoms with Crippen molar-refractivity contribution < 1.29 is 9.53 Å². The Hall–Kier alpha value is -2.87. The van der Waals surface area contributed by atoms with Crippen LogP contribution in [0.5, 0.6) is 5.75 Å². The molecule has 0 aliphatic heterocycles. The molecule has 6 nitrogen and oxygen atoms in total. The monoisotopic (exact) mass is 460 g/mol. The molecule has 0 radical (unpaired) electrons. The van der Waals surface area contributed by atoms with Crippen LogP contribution in [0.4, 0.5) is 5.69 Å². The van der Waals surface area contributed by atoms with Gasteiger partial charge in [0.1, 0.15) is 5.75 Å². The molecule has 3 rings (SSSR count). The zero-order valence-corrected chi connectivity index (χ0v) is 18.5. The van der Waals surface area contributed by atoms with Crippen molar-refractivity contribution >= 4 is 52.1 Å². The van der Waals surface area contributed by atoms with E-state index in [2.05, 4.69) is 21.2 Å². The Bertz CT molecular complexity index is 1090. The molecule has 0 spiro atoms. The number of hydrazine groups is 1. The van der Waals surface area contributed by atoms with Gasteiger partial charge < -0.3 is 10.1 Å². The summed E-state index contributed by atoms with van der Waals surface area (Å²) in [5.74, 6) is 0.337. The Kier molecular flexibility index (Phi) is 7.10. The van der Waals surface area contributed by atoms with E-state index < -0.39 is 0 Å². The molecule has 3 N–H and O–H groups in total. The molecule has 0 unspecified atom stereocenters. The van der Waals surface area contributed by atoms with Crippen molar-refractivity contribution in [3.63, 3.8) is 0 Å². The molecule has 0 atom stereocenters. The zero-order chi connectivity index (χ0) is 21.7. The van der Waals surface area contributed by atoms with E-state index in [1.54, 1.807) is 37.4 Å². The van der Waals surface area contributed by atoms with E-state index >= 15 is 0 Å². The number of carbonyl (C=O) groups excluding carboxylic acids is 1. The summed E-state index contributed by atoms with van der Waals surface area (Å²) in [6.07, 6.45) is 0. The van der Waals surface area contributed by atoms with Gasteiger partial charge >= 0.3 is 0 Å². The third kappa shape index (κ3) is 5.38. The number of methoxy groups -OCH3 is 1. The maximum absolute atomic E-state index is 12.8. The lowest BCUT2D eigenvalue weighted by Gasteiger charge is -2.14. The molecule has 0 saturated carbocycles. The van der Waals surface area contributed by atoms with Gasteiger partial charge in [-0.2, -0.15) is 0 Å². The summed E-state index contributed by atoms with van der Waals surface area (Å²) in [6, 6.07) is 15.8. The van der Waals surface area contributed by atoms with E-state index in [1.807, 2.05) is 31.2 Å². The molecule has 0 saturated heterocycles. The van der Waals surface area contributed by atoms with Crippen LogP contribution in [-0.2, 0) is 0 Å². The van der Waals surface area contributed by atoms with Crippen LogP contribution in [0.3, 0.4) is 0 Å². The number of benzene rings is 2. The topological polar surface area (TPSA) is 75.3 Å². The van der Waals surface area contributed by atoms with Crippen LogP contribution in [0.25, 0.3) is 11.3 Å². The quantitative estimate of drug-likeness (QED) is 0.375. The van der Waals surface area contributed by atoms with Gasteiger partial charge in [-0.05, 0) is 73.7 Å². The molecule has 30 heavy (non-hydrogen) atoms. The number of nitrogens with zero attached hydrogens (tertiary/aromatic N) is 1. The number of hydrogen-bond donors (Lipinski definition) is 3. The molecule has 0 aliphatic carbocycles. The average molecular weight is 461 g/mol. The van der Waals surface area contributed by atoms with Gasteiger partial charge in [0.15, 0.2) is 5.11 Å². The Morgan fingerprint density at radius 3 is 2.40 bits per heavy atom. The van der Waals surface area contributed by atoms with Crippen molar-refractivity contribution in [3.05, 3.63) is 75.9 Å². The number of amides is 1. The van der Waals surface area contributed by atoms with Crippen molar-refractivity contribution in [1.82, 2.24) is 15.8 Å². The van der Waals surface area contributed by atoms with Gasteiger partial charge in [0.05, 0.1) is 28.4 Å². The predicted molar refractivity (Wildman–Crippen MR) is 124 cm³/mol. The smallest absolute Gasteiger partial charge is 0.271 e. The first kappa shape index (κ1) is 21.8. The van der Waals surface area contributed by atoms with Crippen molar-refractivity contribution in [2.45, 2.75) is 6.92 Å². The lowest BCUT2D eigenvalue weighted by molar-refractivity contribution is 0.0944. The predicted octanol–water partition coefficient (Wildman–Crippen LogP) is 5.00. The fourth-order valence-corrected chi connectivity index (χ4v) is 3.09. The third-order valence-electron chi connectivity index (χ3n) is 4.11. The highest BCUT2D eigenvalue weighted by Crippen LogP contribution is 2.26. The van der Waals surface area contributed by atoms with Gasteiger partial charge in [-0.25, -0.2) is 0 Å². The molecule has 3 aromatic rings. The zero-order valence-electron chi connectivity index (χ0n) is 16.1. The van der Waals surface area contributed by atoms with Crippen molar-refractivity contribution in [1.29, 1.82) is 0 Å². The van der Waals surface area contributed by atoms with Crippen molar-refractivity contribution in [2.24, 2.45) is 0 Å². The molecule has 9 heteroatoms. The number of anilines is 1.